The quantitative estimate of drug-likeness (QED) is 0.902. The van der Waals surface area contributed by atoms with Crippen LogP contribution in [0.2, 0.25) is 0 Å². The fourth-order valence-electron chi connectivity index (χ4n) is 4.00. The monoisotopic (exact) mass is 371 g/mol. The highest BCUT2D eigenvalue weighted by Crippen LogP contribution is 2.23. The highest BCUT2D eigenvalue weighted by molar-refractivity contribution is 7.99. The molecule has 2 aliphatic heterocycles. The molecule has 2 aromatic rings. The lowest BCUT2D eigenvalue weighted by molar-refractivity contribution is -0.140. The molecule has 0 saturated carbocycles. The van der Waals surface area contributed by atoms with E-state index >= 15 is 0 Å². The molecule has 6 heteroatoms. The van der Waals surface area contributed by atoms with Crippen LogP contribution >= 0.6 is 11.8 Å². The normalized spacial score (nSPS) is 21.2. The smallest absolute Gasteiger partial charge is 0.227 e. The molecule has 2 amide bonds. The second kappa shape index (κ2) is 7.74. The van der Waals surface area contributed by atoms with E-state index in [-0.39, 0.29) is 17.7 Å². The number of para-hydroxylation sites is 1. The third-order valence-corrected chi connectivity index (χ3v) is 6.41. The van der Waals surface area contributed by atoms with E-state index < -0.39 is 0 Å². The number of carbonyl (C=O) groups is 2. The molecule has 2 aliphatic rings. The van der Waals surface area contributed by atoms with Crippen molar-refractivity contribution in [3.63, 3.8) is 0 Å². The summed E-state index contributed by atoms with van der Waals surface area (Å²) < 4.78 is 0. The average Bonchev–Trinajstić information content (AvgIpc) is 3.11. The number of hydrogen-bond acceptors (Lipinski definition) is 3. The minimum absolute atomic E-state index is 0.0289. The number of rotatable bonds is 3. The lowest BCUT2D eigenvalue weighted by Gasteiger charge is -2.36. The van der Waals surface area contributed by atoms with Crippen molar-refractivity contribution in [1.82, 2.24) is 14.8 Å². The fraction of sp³-hybridized carbons (Fsp3) is 0.500. The highest BCUT2D eigenvalue weighted by atomic mass is 32.2. The molecule has 0 bridgehead atoms. The molecular formula is C20H25N3O2S. The number of nitrogens with one attached hydrogen (secondary N) is 1. The van der Waals surface area contributed by atoms with Crippen molar-refractivity contribution in [2.24, 2.45) is 5.92 Å². The Kier molecular flexibility index (Phi) is 5.20. The van der Waals surface area contributed by atoms with Gasteiger partial charge in [0.2, 0.25) is 11.8 Å². The maximum absolute atomic E-state index is 12.8. The largest absolute Gasteiger partial charge is 0.361 e. The molecule has 138 valence electrons. The van der Waals surface area contributed by atoms with Crippen molar-refractivity contribution in [2.45, 2.75) is 19.3 Å². The third-order valence-electron chi connectivity index (χ3n) is 5.46. The number of benzene rings is 1. The lowest BCUT2D eigenvalue weighted by atomic mass is 9.95. The van der Waals surface area contributed by atoms with Crippen molar-refractivity contribution in [3.8, 4) is 0 Å². The number of likely N-dealkylation sites (tertiary alicyclic amines) is 1. The van der Waals surface area contributed by atoms with E-state index in [2.05, 4.69) is 4.98 Å². The van der Waals surface area contributed by atoms with Gasteiger partial charge in [0.05, 0.1) is 12.3 Å². The van der Waals surface area contributed by atoms with E-state index in [1.54, 1.807) is 0 Å². The summed E-state index contributed by atoms with van der Waals surface area (Å²) in [5, 5.41) is 1.11. The topological polar surface area (TPSA) is 56.4 Å². The zero-order chi connectivity index (χ0) is 17.9. The van der Waals surface area contributed by atoms with Crippen LogP contribution in [-0.4, -0.2) is 64.3 Å². The second-order valence-electron chi connectivity index (χ2n) is 7.15. The molecule has 0 spiro atoms. The van der Waals surface area contributed by atoms with Crippen LogP contribution in [0.3, 0.4) is 0 Å². The summed E-state index contributed by atoms with van der Waals surface area (Å²) in [6, 6.07) is 8.06. The number of thioether (sulfide) groups is 1. The van der Waals surface area contributed by atoms with Gasteiger partial charge >= 0.3 is 0 Å². The number of aromatic amines is 1. The Labute approximate surface area is 158 Å². The Hall–Kier alpha value is -1.95. The van der Waals surface area contributed by atoms with Crippen molar-refractivity contribution in [1.29, 1.82) is 0 Å². The molecule has 1 aromatic heterocycles. The van der Waals surface area contributed by atoms with Crippen LogP contribution in [0.15, 0.2) is 30.5 Å². The van der Waals surface area contributed by atoms with Crippen LogP contribution in [0, 0.1) is 5.92 Å². The maximum Gasteiger partial charge on any atom is 0.227 e. The molecule has 0 unspecified atom stereocenters. The Balaban J connectivity index is 1.40. The first kappa shape index (κ1) is 17.5. The van der Waals surface area contributed by atoms with Crippen LogP contribution < -0.4 is 0 Å². The summed E-state index contributed by atoms with van der Waals surface area (Å²) in [4.78, 5) is 32.7. The van der Waals surface area contributed by atoms with Crippen molar-refractivity contribution < 1.29 is 9.59 Å². The van der Waals surface area contributed by atoms with Gasteiger partial charge in [-0.3, -0.25) is 9.59 Å². The number of amides is 2. The number of fused-ring (bicyclic) bond motifs is 1. The maximum atomic E-state index is 12.8. The van der Waals surface area contributed by atoms with Gasteiger partial charge in [0.1, 0.15) is 0 Å². The molecule has 1 N–H and O–H groups in total. The minimum Gasteiger partial charge on any atom is -0.361 e. The minimum atomic E-state index is -0.0289. The van der Waals surface area contributed by atoms with Gasteiger partial charge in [0, 0.05) is 54.8 Å². The van der Waals surface area contributed by atoms with Crippen LogP contribution in [0.4, 0.5) is 0 Å². The average molecular weight is 372 g/mol. The van der Waals surface area contributed by atoms with Crippen molar-refractivity contribution in [3.05, 3.63) is 36.0 Å². The van der Waals surface area contributed by atoms with Gasteiger partial charge in [-0.15, -0.1) is 0 Å². The molecule has 1 aromatic carbocycles. The summed E-state index contributed by atoms with van der Waals surface area (Å²) in [5.74, 6) is 2.40. The number of carbonyl (C=O) groups excluding carboxylic acids is 2. The van der Waals surface area contributed by atoms with Gasteiger partial charge in [-0.25, -0.2) is 0 Å². The molecule has 2 saturated heterocycles. The number of H-pyrrole nitrogens is 1. The van der Waals surface area contributed by atoms with Gasteiger partial charge in [0.15, 0.2) is 0 Å². The Bertz CT molecular complexity index is 797. The summed E-state index contributed by atoms with van der Waals surface area (Å²) in [7, 11) is 0. The van der Waals surface area contributed by atoms with E-state index in [1.807, 2.05) is 52.0 Å². The van der Waals surface area contributed by atoms with E-state index in [0.717, 1.165) is 60.4 Å². The molecule has 26 heavy (non-hydrogen) atoms. The Morgan fingerprint density at radius 3 is 2.77 bits per heavy atom. The van der Waals surface area contributed by atoms with Gasteiger partial charge in [-0.2, -0.15) is 11.8 Å². The van der Waals surface area contributed by atoms with Gasteiger partial charge in [-0.05, 0) is 24.5 Å². The number of nitrogens with zero attached hydrogens (tertiary/aromatic N) is 2. The van der Waals surface area contributed by atoms with E-state index in [4.69, 9.17) is 0 Å². The summed E-state index contributed by atoms with van der Waals surface area (Å²) in [5.41, 5.74) is 2.09. The summed E-state index contributed by atoms with van der Waals surface area (Å²) in [6.45, 7) is 3.04. The lowest BCUT2D eigenvalue weighted by Crippen LogP contribution is -2.48. The standard InChI is InChI=1S/C20H25N3O2S/c24-19(12-16-13-21-18-6-2-1-5-17(16)18)23-7-3-4-15(14-23)20(25)22-8-10-26-11-9-22/h1-2,5-6,13,15,21H,3-4,7-12,14H2/t15-/m0/s1. The molecule has 0 aliphatic carbocycles. The van der Waals surface area contributed by atoms with Crippen LogP contribution in [0.5, 0.6) is 0 Å². The summed E-state index contributed by atoms with van der Waals surface area (Å²) >= 11 is 1.91. The zero-order valence-corrected chi connectivity index (χ0v) is 15.8. The van der Waals surface area contributed by atoms with Gasteiger partial charge in [0.25, 0.3) is 0 Å². The first-order chi connectivity index (χ1) is 12.7. The van der Waals surface area contributed by atoms with Gasteiger partial charge in [-0.1, -0.05) is 18.2 Å². The summed E-state index contributed by atoms with van der Waals surface area (Å²) in [6.07, 6.45) is 4.14. The van der Waals surface area contributed by atoms with Crippen molar-refractivity contribution in [2.75, 3.05) is 37.7 Å². The van der Waals surface area contributed by atoms with Crippen LogP contribution in [-0.2, 0) is 16.0 Å². The number of hydrogen-bond donors (Lipinski definition) is 1. The molecule has 0 radical (unpaired) electrons. The highest BCUT2D eigenvalue weighted by Gasteiger charge is 2.31. The predicted octanol–water partition coefficient (Wildman–Crippen LogP) is 2.52. The Morgan fingerprint density at radius 2 is 1.92 bits per heavy atom. The molecule has 2 fully saturated rings. The SMILES string of the molecule is O=C(Cc1c[nH]c2ccccc12)N1CCC[C@H](C(=O)N2CCSCC2)C1. The van der Waals surface area contributed by atoms with Crippen molar-refractivity contribution >= 4 is 34.5 Å². The first-order valence-corrected chi connectivity index (χ1v) is 10.6. The zero-order valence-electron chi connectivity index (χ0n) is 14.9. The second-order valence-corrected chi connectivity index (χ2v) is 8.38. The first-order valence-electron chi connectivity index (χ1n) is 9.41. The molecule has 3 heterocycles. The number of aromatic nitrogens is 1. The molecule has 4 rings (SSSR count). The van der Waals surface area contributed by atoms with E-state index in [1.165, 1.54) is 0 Å². The number of piperidine rings is 1. The molecule has 5 nitrogen and oxygen atoms in total. The fourth-order valence-corrected chi connectivity index (χ4v) is 4.90. The molecule has 1 atom stereocenters. The van der Waals surface area contributed by atoms with Crippen LogP contribution in [0.25, 0.3) is 10.9 Å². The predicted molar refractivity (Wildman–Crippen MR) is 105 cm³/mol. The van der Waals surface area contributed by atoms with E-state index in [9.17, 15) is 9.59 Å². The Morgan fingerprint density at radius 1 is 1.12 bits per heavy atom. The molecular weight excluding hydrogens is 346 g/mol. The van der Waals surface area contributed by atoms with E-state index in [0.29, 0.717) is 13.0 Å². The third kappa shape index (κ3) is 3.61. The van der Waals surface area contributed by atoms with Gasteiger partial charge < -0.3 is 14.8 Å². The van der Waals surface area contributed by atoms with Crippen LogP contribution in [0.1, 0.15) is 18.4 Å².